The standard InChI is InChI=1S/C16H18N2OS/c1-11(9-17)19-13-7-5-12(6-8-13)15-18-14(10-20-15)16(2,3)4/h5-8,10-11H,1-4H3/t11-/m1/s1. The smallest absolute Gasteiger partial charge is 0.181 e. The van der Waals surface area contributed by atoms with E-state index in [1.54, 1.807) is 18.3 Å². The highest BCUT2D eigenvalue weighted by atomic mass is 32.1. The molecule has 104 valence electrons. The van der Waals surface area contributed by atoms with Gasteiger partial charge in [0.15, 0.2) is 6.10 Å². The molecule has 0 aliphatic heterocycles. The number of rotatable bonds is 3. The fourth-order valence-electron chi connectivity index (χ4n) is 1.66. The van der Waals surface area contributed by atoms with E-state index in [0.717, 1.165) is 16.3 Å². The van der Waals surface area contributed by atoms with Crippen LogP contribution in [0.5, 0.6) is 5.75 Å². The maximum atomic E-state index is 8.72. The Morgan fingerprint density at radius 3 is 2.40 bits per heavy atom. The highest BCUT2D eigenvalue weighted by Gasteiger charge is 2.17. The first-order valence-corrected chi connectivity index (χ1v) is 7.41. The largest absolute Gasteiger partial charge is 0.476 e. The molecule has 0 spiro atoms. The van der Waals surface area contributed by atoms with Crippen molar-refractivity contribution >= 4 is 11.3 Å². The molecular weight excluding hydrogens is 268 g/mol. The van der Waals surface area contributed by atoms with E-state index in [1.165, 1.54) is 0 Å². The molecule has 1 aromatic carbocycles. The van der Waals surface area contributed by atoms with Crippen molar-refractivity contribution in [2.75, 3.05) is 0 Å². The second kappa shape index (κ2) is 5.64. The van der Waals surface area contributed by atoms with Crippen molar-refractivity contribution in [3.05, 3.63) is 35.3 Å². The van der Waals surface area contributed by atoms with E-state index in [-0.39, 0.29) is 5.41 Å². The Morgan fingerprint density at radius 1 is 1.25 bits per heavy atom. The first-order valence-electron chi connectivity index (χ1n) is 6.53. The van der Waals surface area contributed by atoms with E-state index < -0.39 is 6.10 Å². The topological polar surface area (TPSA) is 45.9 Å². The fraction of sp³-hybridized carbons (Fsp3) is 0.375. The summed E-state index contributed by atoms with van der Waals surface area (Å²) in [7, 11) is 0. The second-order valence-electron chi connectivity index (χ2n) is 5.70. The Labute approximate surface area is 123 Å². The van der Waals surface area contributed by atoms with Gasteiger partial charge in [0.1, 0.15) is 16.8 Å². The van der Waals surface area contributed by atoms with E-state index in [9.17, 15) is 0 Å². The zero-order chi connectivity index (χ0) is 14.8. The second-order valence-corrected chi connectivity index (χ2v) is 6.56. The molecule has 0 saturated heterocycles. The molecule has 3 nitrogen and oxygen atoms in total. The van der Waals surface area contributed by atoms with Crippen LogP contribution in [0.3, 0.4) is 0 Å². The van der Waals surface area contributed by atoms with Gasteiger partial charge in [-0.15, -0.1) is 11.3 Å². The Hall–Kier alpha value is -1.86. The minimum atomic E-state index is -0.437. The fourth-order valence-corrected chi connectivity index (χ4v) is 2.71. The number of hydrogen-bond acceptors (Lipinski definition) is 4. The van der Waals surface area contributed by atoms with Gasteiger partial charge in [0.2, 0.25) is 0 Å². The Balaban J connectivity index is 2.18. The third kappa shape index (κ3) is 3.37. The van der Waals surface area contributed by atoms with Gasteiger partial charge in [0.25, 0.3) is 0 Å². The molecule has 1 atom stereocenters. The third-order valence-corrected chi connectivity index (χ3v) is 3.76. The Morgan fingerprint density at radius 2 is 1.90 bits per heavy atom. The molecule has 0 saturated carbocycles. The molecule has 0 aliphatic carbocycles. The summed E-state index contributed by atoms with van der Waals surface area (Å²) in [6, 6.07) is 9.75. The molecule has 0 fully saturated rings. The average Bonchev–Trinajstić information content (AvgIpc) is 2.89. The molecule has 4 heteroatoms. The molecule has 2 rings (SSSR count). The predicted molar refractivity (Wildman–Crippen MR) is 82.0 cm³/mol. The van der Waals surface area contributed by atoms with Gasteiger partial charge in [-0.25, -0.2) is 4.98 Å². The maximum absolute atomic E-state index is 8.72. The summed E-state index contributed by atoms with van der Waals surface area (Å²) in [4.78, 5) is 4.68. The van der Waals surface area contributed by atoms with Gasteiger partial charge in [0.05, 0.1) is 5.69 Å². The van der Waals surface area contributed by atoms with Crippen molar-refractivity contribution in [1.82, 2.24) is 4.98 Å². The number of aromatic nitrogens is 1. The van der Waals surface area contributed by atoms with Crippen molar-refractivity contribution in [1.29, 1.82) is 5.26 Å². The molecule has 0 unspecified atom stereocenters. The number of benzene rings is 1. The van der Waals surface area contributed by atoms with Crippen LogP contribution in [-0.2, 0) is 5.41 Å². The van der Waals surface area contributed by atoms with Crippen LogP contribution in [-0.4, -0.2) is 11.1 Å². The quantitative estimate of drug-likeness (QED) is 0.840. The summed E-state index contributed by atoms with van der Waals surface area (Å²) in [5, 5.41) is 11.8. The lowest BCUT2D eigenvalue weighted by Crippen LogP contribution is -2.11. The lowest BCUT2D eigenvalue weighted by atomic mass is 9.93. The van der Waals surface area contributed by atoms with Crippen molar-refractivity contribution in [2.45, 2.75) is 39.2 Å². The normalized spacial score (nSPS) is 12.8. The van der Waals surface area contributed by atoms with Gasteiger partial charge < -0.3 is 4.74 Å². The molecule has 0 N–H and O–H groups in total. The third-order valence-electron chi connectivity index (χ3n) is 2.87. The molecular formula is C16H18N2OS. The van der Waals surface area contributed by atoms with Gasteiger partial charge in [-0.3, -0.25) is 0 Å². The molecule has 1 aromatic heterocycles. The number of ether oxygens (including phenoxy) is 1. The van der Waals surface area contributed by atoms with Crippen molar-refractivity contribution in [3.8, 4) is 22.4 Å². The van der Waals surface area contributed by atoms with E-state index >= 15 is 0 Å². The first-order chi connectivity index (χ1) is 9.40. The van der Waals surface area contributed by atoms with Gasteiger partial charge in [-0.05, 0) is 31.2 Å². The lowest BCUT2D eigenvalue weighted by molar-refractivity contribution is 0.276. The number of thiazole rings is 1. The van der Waals surface area contributed by atoms with Crippen LogP contribution in [0, 0.1) is 11.3 Å². The minimum absolute atomic E-state index is 0.0695. The van der Waals surface area contributed by atoms with Crippen molar-refractivity contribution in [3.63, 3.8) is 0 Å². The highest BCUT2D eigenvalue weighted by Crippen LogP contribution is 2.30. The van der Waals surface area contributed by atoms with Gasteiger partial charge >= 0.3 is 0 Å². The highest BCUT2D eigenvalue weighted by molar-refractivity contribution is 7.13. The zero-order valence-corrected chi connectivity index (χ0v) is 13.0. The van der Waals surface area contributed by atoms with Crippen LogP contribution in [0.25, 0.3) is 10.6 Å². The summed E-state index contributed by atoms with van der Waals surface area (Å²) in [6.45, 7) is 8.20. The monoisotopic (exact) mass is 286 g/mol. The molecule has 0 bridgehead atoms. The van der Waals surface area contributed by atoms with Crippen LogP contribution in [0.1, 0.15) is 33.4 Å². The van der Waals surface area contributed by atoms with Crippen LogP contribution >= 0.6 is 11.3 Å². The van der Waals surface area contributed by atoms with E-state index in [0.29, 0.717) is 5.75 Å². The summed E-state index contributed by atoms with van der Waals surface area (Å²) < 4.78 is 5.44. The van der Waals surface area contributed by atoms with Crippen LogP contribution in [0.4, 0.5) is 0 Å². The van der Waals surface area contributed by atoms with Crippen LogP contribution in [0.2, 0.25) is 0 Å². The van der Waals surface area contributed by atoms with E-state index in [4.69, 9.17) is 10.00 Å². The summed E-state index contributed by atoms with van der Waals surface area (Å²) in [5.74, 6) is 0.704. The van der Waals surface area contributed by atoms with Gasteiger partial charge in [0, 0.05) is 16.4 Å². The predicted octanol–water partition coefficient (Wildman–Crippen LogP) is 4.40. The van der Waals surface area contributed by atoms with E-state index in [1.807, 2.05) is 30.3 Å². The summed E-state index contributed by atoms with van der Waals surface area (Å²) in [6.07, 6.45) is -0.437. The first kappa shape index (κ1) is 14.5. The average molecular weight is 286 g/mol. The molecule has 0 amide bonds. The zero-order valence-electron chi connectivity index (χ0n) is 12.2. The van der Waals surface area contributed by atoms with Gasteiger partial charge in [-0.2, -0.15) is 5.26 Å². The molecule has 0 aliphatic rings. The summed E-state index contributed by atoms with van der Waals surface area (Å²) in [5.41, 5.74) is 2.25. The van der Waals surface area contributed by atoms with Crippen LogP contribution in [0.15, 0.2) is 29.6 Å². The van der Waals surface area contributed by atoms with Crippen molar-refractivity contribution < 1.29 is 4.74 Å². The number of hydrogen-bond donors (Lipinski definition) is 0. The SMILES string of the molecule is C[C@H](C#N)Oc1ccc(-c2nc(C(C)(C)C)cs2)cc1. The number of nitriles is 1. The van der Waals surface area contributed by atoms with Gasteiger partial charge in [-0.1, -0.05) is 20.8 Å². The van der Waals surface area contributed by atoms with Crippen molar-refractivity contribution in [2.24, 2.45) is 0 Å². The number of nitrogens with zero attached hydrogens (tertiary/aromatic N) is 2. The molecule has 0 radical (unpaired) electrons. The maximum Gasteiger partial charge on any atom is 0.181 e. The molecule has 20 heavy (non-hydrogen) atoms. The van der Waals surface area contributed by atoms with Crippen LogP contribution < -0.4 is 4.74 Å². The molecule has 2 aromatic rings. The lowest BCUT2D eigenvalue weighted by Gasteiger charge is -2.14. The Kier molecular flexibility index (Phi) is 4.10. The minimum Gasteiger partial charge on any atom is -0.476 e. The van der Waals surface area contributed by atoms with E-state index in [2.05, 4.69) is 31.1 Å². The molecule has 1 heterocycles. The summed E-state index contributed by atoms with van der Waals surface area (Å²) >= 11 is 1.65. The Bertz CT molecular complexity index is 617.